The summed E-state index contributed by atoms with van der Waals surface area (Å²) >= 11 is 3.46. The second-order valence-corrected chi connectivity index (χ2v) is 5.50. The van der Waals surface area contributed by atoms with Gasteiger partial charge in [-0.1, -0.05) is 0 Å². The molecule has 80 valence electrons. The van der Waals surface area contributed by atoms with E-state index in [0.29, 0.717) is 0 Å². The molecule has 0 aliphatic heterocycles. The predicted octanol–water partition coefficient (Wildman–Crippen LogP) is 2.88. The van der Waals surface area contributed by atoms with E-state index in [-0.39, 0.29) is 0 Å². The lowest BCUT2D eigenvalue weighted by molar-refractivity contribution is 0.731. The van der Waals surface area contributed by atoms with Crippen molar-refractivity contribution in [1.29, 1.82) is 0 Å². The molecule has 2 aromatic heterocycles. The Hall–Kier alpha value is -0.810. The topological polar surface area (TPSA) is 30.7 Å². The molecule has 0 atom stereocenters. The lowest BCUT2D eigenvalue weighted by atomic mass is 10.2. The summed E-state index contributed by atoms with van der Waals surface area (Å²) in [5, 5.41) is 5.47. The summed E-state index contributed by atoms with van der Waals surface area (Å²) in [5.41, 5.74) is 3.41. The van der Waals surface area contributed by atoms with Crippen molar-refractivity contribution in [2.24, 2.45) is 7.05 Å². The number of rotatable bonds is 2. The quantitative estimate of drug-likeness (QED) is 0.755. The molecule has 2 rings (SSSR count). The summed E-state index contributed by atoms with van der Waals surface area (Å²) < 4.78 is 3.15. The highest BCUT2D eigenvalue weighted by Gasteiger charge is 2.14. The lowest BCUT2D eigenvalue weighted by Gasteiger charge is -1.96. The van der Waals surface area contributed by atoms with E-state index in [1.165, 1.54) is 15.5 Å². The lowest BCUT2D eigenvalue weighted by Crippen LogP contribution is -1.92. The first kappa shape index (κ1) is 10.7. The minimum Gasteiger partial charge on any atom is -0.272 e. The molecule has 0 aliphatic carbocycles. The Morgan fingerprint density at radius 3 is 2.60 bits per heavy atom. The van der Waals surface area contributed by atoms with E-state index in [4.69, 9.17) is 0 Å². The largest absolute Gasteiger partial charge is 0.272 e. The van der Waals surface area contributed by atoms with Gasteiger partial charge in [-0.15, -0.1) is 23.1 Å². The average Bonchev–Trinajstić information content (AvgIpc) is 2.74. The van der Waals surface area contributed by atoms with Crippen molar-refractivity contribution in [2.75, 3.05) is 6.26 Å². The molecule has 0 aliphatic rings. The number of hydrogen-bond acceptors (Lipinski definition) is 4. The maximum atomic E-state index is 4.44. The minimum atomic E-state index is 1.05. The Balaban J connectivity index is 2.53. The number of nitrogens with zero attached hydrogens (tertiary/aromatic N) is 3. The Morgan fingerprint density at radius 2 is 2.13 bits per heavy atom. The molecule has 2 aromatic rings. The van der Waals surface area contributed by atoms with Gasteiger partial charge in [0.2, 0.25) is 0 Å². The fourth-order valence-corrected chi connectivity index (χ4v) is 3.08. The molecule has 0 amide bonds. The zero-order valence-corrected chi connectivity index (χ0v) is 10.9. The Labute approximate surface area is 97.5 Å². The second kappa shape index (κ2) is 3.98. The van der Waals surface area contributed by atoms with Gasteiger partial charge in [-0.3, -0.25) is 4.68 Å². The van der Waals surface area contributed by atoms with Crippen LogP contribution in [0.5, 0.6) is 0 Å². The number of thioether (sulfide) groups is 1. The standard InChI is InChI=1S/C10H13N3S2/c1-6-9(7(2)13(3)12-6)10-11-5-8(14-4)15-10/h5H,1-4H3. The van der Waals surface area contributed by atoms with Gasteiger partial charge in [0.15, 0.2) is 0 Å². The highest BCUT2D eigenvalue weighted by molar-refractivity contribution is 8.00. The fourth-order valence-electron chi connectivity index (χ4n) is 1.55. The molecular weight excluding hydrogens is 226 g/mol. The van der Waals surface area contributed by atoms with Crippen molar-refractivity contribution < 1.29 is 0 Å². The first-order valence-corrected chi connectivity index (χ1v) is 6.68. The van der Waals surface area contributed by atoms with Crippen molar-refractivity contribution in [3.8, 4) is 10.6 Å². The van der Waals surface area contributed by atoms with Gasteiger partial charge in [-0.05, 0) is 20.1 Å². The van der Waals surface area contributed by atoms with Crippen molar-refractivity contribution in [3.63, 3.8) is 0 Å². The molecule has 0 bridgehead atoms. The predicted molar refractivity (Wildman–Crippen MR) is 65.6 cm³/mol. The second-order valence-electron chi connectivity index (χ2n) is 3.36. The summed E-state index contributed by atoms with van der Waals surface area (Å²) in [6, 6.07) is 0. The number of hydrogen-bond donors (Lipinski definition) is 0. The highest BCUT2D eigenvalue weighted by atomic mass is 32.2. The van der Waals surface area contributed by atoms with Gasteiger partial charge in [0, 0.05) is 12.7 Å². The van der Waals surface area contributed by atoms with E-state index in [9.17, 15) is 0 Å². The molecule has 0 N–H and O–H groups in total. The molecule has 0 saturated heterocycles. The first-order chi connectivity index (χ1) is 7.13. The fraction of sp³-hybridized carbons (Fsp3) is 0.400. The van der Waals surface area contributed by atoms with Crippen LogP contribution < -0.4 is 0 Å². The van der Waals surface area contributed by atoms with E-state index in [0.717, 1.165) is 10.7 Å². The third kappa shape index (κ3) is 1.81. The van der Waals surface area contributed by atoms with Crippen LogP contribution in [0.2, 0.25) is 0 Å². The monoisotopic (exact) mass is 239 g/mol. The van der Waals surface area contributed by atoms with Crippen molar-refractivity contribution in [1.82, 2.24) is 14.8 Å². The molecule has 0 spiro atoms. The van der Waals surface area contributed by atoms with E-state index in [1.54, 1.807) is 23.1 Å². The number of aromatic nitrogens is 3. The Bertz CT molecular complexity index is 485. The number of thiazole rings is 1. The molecule has 0 saturated carbocycles. The molecule has 0 aromatic carbocycles. The van der Waals surface area contributed by atoms with Crippen molar-refractivity contribution in [3.05, 3.63) is 17.6 Å². The normalized spacial score (nSPS) is 10.9. The van der Waals surface area contributed by atoms with Gasteiger partial charge in [0.05, 0.1) is 21.7 Å². The van der Waals surface area contributed by atoms with E-state index < -0.39 is 0 Å². The smallest absolute Gasteiger partial charge is 0.128 e. The molecular formula is C10H13N3S2. The molecule has 2 heterocycles. The molecule has 15 heavy (non-hydrogen) atoms. The van der Waals surface area contributed by atoms with Crippen LogP contribution in [0.25, 0.3) is 10.6 Å². The van der Waals surface area contributed by atoms with Crippen LogP contribution in [0, 0.1) is 13.8 Å². The Morgan fingerprint density at radius 1 is 1.40 bits per heavy atom. The Kier molecular flexibility index (Phi) is 2.84. The molecule has 0 radical (unpaired) electrons. The van der Waals surface area contributed by atoms with Crippen LogP contribution in [0.3, 0.4) is 0 Å². The average molecular weight is 239 g/mol. The third-order valence-electron chi connectivity index (χ3n) is 2.41. The zero-order chi connectivity index (χ0) is 11.0. The molecule has 0 fully saturated rings. The summed E-state index contributed by atoms with van der Waals surface area (Å²) in [4.78, 5) is 4.44. The summed E-state index contributed by atoms with van der Waals surface area (Å²) in [7, 11) is 1.97. The van der Waals surface area contributed by atoms with E-state index in [2.05, 4.69) is 23.3 Å². The highest BCUT2D eigenvalue weighted by Crippen LogP contribution is 2.33. The van der Waals surface area contributed by atoms with Crippen LogP contribution in [0.15, 0.2) is 10.4 Å². The van der Waals surface area contributed by atoms with E-state index >= 15 is 0 Å². The van der Waals surface area contributed by atoms with Gasteiger partial charge in [-0.2, -0.15) is 5.10 Å². The molecule has 5 heteroatoms. The van der Waals surface area contributed by atoms with Crippen LogP contribution in [0.1, 0.15) is 11.4 Å². The van der Waals surface area contributed by atoms with Crippen molar-refractivity contribution >= 4 is 23.1 Å². The molecule has 3 nitrogen and oxygen atoms in total. The maximum Gasteiger partial charge on any atom is 0.128 e. The van der Waals surface area contributed by atoms with Gasteiger partial charge in [0.1, 0.15) is 5.01 Å². The SMILES string of the molecule is CSc1cnc(-c2c(C)nn(C)c2C)s1. The number of aryl methyl sites for hydroxylation is 2. The van der Waals surface area contributed by atoms with Gasteiger partial charge >= 0.3 is 0 Å². The minimum absolute atomic E-state index is 1.05. The van der Waals surface area contributed by atoms with Gasteiger partial charge < -0.3 is 0 Å². The van der Waals surface area contributed by atoms with Gasteiger partial charge in [-0.25, -0.2) is 4.98 Å². The maximum absolute atomic E-state index is 4.44. The van der Waals surface area contributed by atoms with Gasteiger partial charge in [0.25, 0.3) is 0 Å². The summed E-state index contributed by atoms with van der Waals surface area (Å²) in [6.45, 7) is 4.11. The van der Waals surface area contributed by atoms with E-state index in [1.807, 2.05) is 24.9 Å². The summed E-state index contributed by atoms with van der Waals surface area (Å²) in [6.07, 6.45) is 4.00. The van der Waals surface area contributed by atoms with Crippen LogP contribution in [-0.2, 0) is 7.05 Å². The van der Waals surface area contributed by atoms with Crippen LogP contribution in [0.4, 0.5) is 0 Å². The third-order valence-corrected chi connectivity index (χ3v) is 4.48. The zero-order valence-electron chi connectivity index (χ0n) is 9.24. The van der Waals surface area contributed by atoms with Crippen LogP contribution in [-0.4, -0.2) is 21.0 Å². The summed E-state index contributed by atoms with van der Waals surface area (Å²) in [5.74, 6) is 0. The first-order valence-electron chi connectivity index (χ1n) is 4.64. The van der Waals surface area contributed by atoms with Crippen molar-refractivity contribution in [2.45, 2.75) is 18.1 Å². The molecule has 0 unspecified atom stereocenters. The van der Waals surface area contributed by atoms with Crippen LogP contribution >= 0.6 is 23.1 Å².